The molecule has 2 aliphatic rings. The monoisotopic (exact) mass is 378 g/mol. The molecule has 0 spiro atoms. The Morgan fingerprint density at radius 2 is 1.88 bits per heavy atom. The molecule has 2 fully saturated rings. The first-order valence-corrected chi connectivity index (χ1v) is 9.99. The van der Waals surface area contributed by atoms with Gasteiger partial charge in [0.25, 0.3) is 0 Å². The third-order valence-electron chi connectivity index (χ3n) is 4.92. The lowest BCUT2D eigenvalue weighted by molar-refractivity contribution is -0.185. The largest absolute Gasteiger partial charge is 0.386 e. The summed E-state index contributed by atoms with van der Waals surface area (Å²) in [6.07, 6.45) is -0.293. The van der Waals surface area contributed by atoms with Crippen LogP contribution in [0.3, 0.4) is 0 Å². The summed E-state index contributed by atoms with van der Waals surface area (Å²) in [6.45, 7) is 16.2. The normalized spacial score (nSPS) is 31.7. The molecule has 0 radical (unpaired) electrons. The van der Waals surface area contributed by atoms with Crippen molar-refractivity contribution in [1.82, 2.24) is 0 Å². The van der Waals surface area contributed by atoms with Crippen LogP contribution in [0.15, 0.2) is 35.7 Å². The topological polar surface area (TPSA) is 47.9 Å². The highest BCUT2D eigenvalue weighted by Crippen LogP contribution is 2.46. The second-order valence-electron chi connectivity index (χ2n) is 8.61. The maximum absolute atomic E-state index is 10.3. The number of aliphatic hydroxyl groups is 1. The standard InChI is InChI=1S/C21H30O4S/c1-8-14(22)16-17-18(25-21(6,7)24-17)19(23-16)26-15-11-13(20(3,4)5)10-9-12(15)2/h8-11,14,16-19,22H,1H2,2-7H3/t14-,16+,17+,18+,19-/m0/s1. The van der Waals surface area contributed by atoms with E-state index in [1.807, 2.05) is 13.8 Å². The van der Waals surface area contributed by atoms with Gasteiger partial charge in [0, 0.05) is 4.90 Å². The van der Waals surface area contributed by atoms with Gasteiger partial charge in [0.15, 0.2) is 5.79 Å². The zero-order valence-electron chi connectivity index (χ0n) is 16.5. The van der Waals surface area contributed by atoms with Crippen molar-refractivity contribution in [1.29, 1.82) is 0 Å². The van der Waals surface area contributed by atoms with Gasteiger partial charge in [0.05, 0.1) is 0 Å². The molecule has 0 unspecified atom stereocenters. The molecular weight excluding hydrogens is 348 g/mol. The molecule has 26 heavy (non-hydrogen) atoms. The van der Waals surface area contributed by atoms with Crippen molar-refractivity contribution in [3.63, 3.8) is 0 Å². The smallest absolute Gasteiger partial charge is 0.164 e. The van der Waals surface area contributed by atoms with E-state index in [9.17, 15) is 5.11 Å². The summed E-state index contributed by atoms with van der Waals surface area (Å²) >= 11 is 1.64. The van der Waals surface area contributed by atoms with Gasteiger partial charge in [-0.15, -0.1) is 6.58 Å². The van der Waals surface area contributed by atoms with Gasteiger partial charge in [-0.1, -0.05) is 50.7 Å². The van der Waals surface area contributed by atoms with Crippen LogP contribution in [-0.4, -0.2) is 40.7 Å². The van der Waals surface area contributed by atoms with Crippen LogP contribution in [0.4, 0.5) is 0 Å². The molecule has 2 aliphatic heterocycles. The minimum Gasteiger partial charge on any atom is -0.386 e. The van der Waals surface area contributed by atoms with Gasteiger partial charge >= 0.3 is 0 Å². The zero-order valence-corrected chi connectivity index (χ0v) is 17.3. The zero-order chi connectivity index (χ0) is 19.3. The lowest BCUT2D eigenvalue weighted by Crippen LogP contribution is -2.37. The number of ether oxygens (including phenoxy) is 3. The number of thioether (sulfide) groups is 1. The van der Waals surface area contributed by atoms with Crippen molar-refractivity contribution in [2.45, 2.75) is 87.5 Å². The van der Waals surface area contributed by atoms with Crippen molar-refractivity contribution in [3.05, 3.63) is 42.0 Å². The maximum atomic E-state index is 10.3. The van der Waals surface area contributed by atoms with Crippen LogP contribution in [0.2, 0.25) is 0 Å². The predicted molar refractivity (Wildman–Crippen MR) is 104 cm³/mol. The summed E-state index contributed by atoms with van der Waals surface area (Å²) in [7, 11) is 0. The number of aliphatic hydroxyl groups excluding tert-OH is 1. The van der Waals surface area contributed by atoms with Gasteiger partial charge in [-0.05, 0) is 43.4 Å². The Morgan fingerprint density at radius 3 is 2.50 bits per heavy atom. The summed E-state index contributed by atoms with van der Waals surface area (Å²) in [5.41, 5.74) is 2.33. The highest BCUT2D eigenvalue weighted by molar-refractivity contribution is 7.99. The first-order chi connectivity index (χ1) is 12.0. The number of rotatable bonds is 4. The van der Waals surface area contributed by atoms with E-state index in [0.29, 0.717) is 0 Å². The summed E-state index contributed by atoms with van der Waals surface area (Å²) in [5.74, 6) is -0.681. The van der Waals surface area contributed by atoms with Crippen molar-refractivity contribution < 1.29 is 19.3 Å². The predicted octanol–water partition coefficient (Wildman–Crippen LogP) is 4.18. The van der Waals surface area contributed by atoms with E-state index >= 15 is 0 Å². The third kappa shape index (κ3) is 3.87. The fourth-order valence-corrected chi connectivity index (χ4v) is 4.64. The van der Waals surface area contributed by atoms with E-state index in [1.54, 1.807) is 11.8 Å². The Hall–Kier alpha value is -0.850. The van der Waals surface area contributed by atoms with E-state index in [4.69, 9.17) is 14.2 Å². The Balaban J connectivity index is 1.87. The molecule has 1 aromatic carbocycles. The minimum absolute atomic E-state index is 0.0820. The second kappa shape index (κ2) is 6.95. The van der Waals surface area contributed by atoms with Gasteiger partial charge in [0.2, 0.25) is 0 Å². The maximum Gasteiger partial charge on any atom is 0.164 e. The lowest BCUT2D eigenvalue weighted by Gasteiger charge is -2.26. The summed E-state index contributed by atoms with van der Waals surface area (Å²) in [4.78, 5) is 1.17. The van der Waals surface area contributed by atoms with Gasteiger partial charge in [-0.2, -0.15) is 0 Å². The van der Waals surface area contributed by atoms with Crippen molar-refractivity contribution in [2.24, 2.45) is 0 Å². The SMILES string of the molecule is C=C[C@H](O)[C@H]1O[C@@H](Sc2cc(C(C)(C)C)ccc2C)[C@@H]2OC(C)(C)O[C@@H]21. The van der Waals surface area contributed by atoms with Gasteiger partial charge < -0.3 is 19.3 Å². The molecule has 2 saturated heterocycles. The van der Waals surface area contributed by atoms with Crippen LogP contribution < -0.4 is 0 Å². The Kier molecular flexibility index (Phi) is 5.32. The first-order valence-electron chi connectivity index (χ1n) is 9.11. The van der Waals surface area contributed by atoms with Crippen molar-refractivity contribution in [2.75, 3.05) is 0 Å². The van der Waals surface area contributed by atoms with Crippen LogP contribution in [0.5, 0.6) is 0 Å². The van der Waals surface area contributed by atoms with Gasteiger partial charge in [-0.3, -0.25) is 0 Å². The second-order valence-corrected chi connectivity index (χ2v) is 9.75. The van der Waals surface area contributed by atoms with Crippen LogP contribution in [0.25, 0.3) is 0 Å². The van der Waals surface area contributed by atoms with Crippen LogP contribution in [0.1, 0.15) is 45.7 Å². The lowest BCUT2D eigenvalue weighted by atomic mass is 9.87. The highest BCUT2D eigenvalue weighted by atomic mass is 32.2. The molecule has 3 rings (SSSR count). The average molecular weight is 379 g/mol. The Morgan fingerprint density at radius 1 is 1.23 bits per heavy atom. The van der Waals surface area contributed by atoms with Crippen molar-refractivity contribution >= 4 is 11.8 Å². The molecule has 5 heteroatoms. The van der Waals surface area contributed by atoms with E-state index in [-0.39, 0.29) is 23.1 Å². The fourth-order valence-electron chi connectivity index (χ4n) is 3.41. The molecule has 0 bridgehead atoms. The van der Waals surface area contributed by atoms with Gasteiger partial charge in [0.1, 0.15) is 29.9 Å². The van der Waals surface area contributed by atoms with Crippen LogP contribution >= 0.6 is 11.8 Å². The molecule has 2 heterocycles. The van der Waals surface area contributed by atoms with Crippen LogP contribution in [0, 0.1) is 6.92 Å². The highest BCUT2D eigenvalue weighted by Gasteiger charge is 2.56. The molecule has 0 saturated carbocycles. The molecule has 0 aromatic heterocycles. The molecule has 0 aliphatic carbocycles. The minimum atomic E-state index is -0.785. The van der Waals surface area contributed by atoms with Crippen molar-refractivity contribution in [3.8, 4) is 0 Å². The summed E-state index contributed by atoms with van der Waals surface area (Å²) in [6, 6.07) is 6.57. The van der Waals surface area contributed by atoms with E-state index in [2.05, 4.69) is 52.5 Å². The number of fused-ring (bicyclic) bond motifs is 1. The Labute approximate surface area is 160 Å². The van der Waals surface area contributed by atoms with E-state index in [1.165, 1.54) is 22.1 Å². The fraction of sp³-hybridized carbons (Fsp3) is 0.619. The van der Waals surface area contributed by atoms with Gasteiger partial charge in [-0.25, -0.2) is 0 Å². The molecule has 1 aromatic rings. The molecule has 4 nitrogen and oxygen atoms in total. The molecular formula is C21H30O4S. The summed E-state index contributed by atoms with van der Waals surface area (Å²) < 4.78 is 18.3. The quantitative estimate of drug-likeness (QED) is 0.797. The molecule has 0 amide bonds. The number of benzene rings is 1. The molecule has 1 N–H and O–H groups in total. The molecule has 144 valence electrons. The number of aryl methyl sites for hydroxylation is 1. The first kappa shape index (κ1) is 19.9. The average Bonchev–Trinajstić information content (AvgIpc) is 3.01. The van der Waals surface area contributed by atoms with E-state index in [0.717, 1.165) is 0 Å². The number of hydrogen-bond donors (Lipinski definition) is 1. The number of hydrogen-bond acceptors (Lipinski definition) is 5. The molecule has 5 atom stereocenters. The Bertz CT molecular complexity index is 679. The summed E-state index contributed by atoms with van der Waals surface area (Å²) in [5, 5.41) is 10.3. The van der Waals surface area contributed by atoms with Crippen LogP contribution in [-0.2, 0) is 19.6 Å². The third-order valence-corrected chi connectivity index (χ3v) is 6.23. The van der Waals surface area contributed by atoms with E-state index < -0.39 is 18.0 Å².